The van der Waals surface area contributed by atoms with Crippen LogP contribution in [0.15, 0.2) is 46.9 Å². The Labute approximate surface area is 137 Å². The number of hydrazine groups is 1. The number of nitrogens with one attached hydrogen (secondary N) is 1. The second kappa shape index (κ2) is 6.36. The van der Waals surface area contributed by atoms with Crippen molar-refractivity contribution in [2.45, 2.75) is 25.0 Å². The summed E-state index contributed by atoms with van der Waals surface area (Å²) in [7, 11) is 0. The monoisotopic (exact) mass is 366 g/mol. The van der Waals surface area contributed by atoms with Crippen LogP contribution in [0.25, 0.3) is 0 Å². The van der Waals surface area contributed by atoms with E-state index in [-0.39, 0.29) is 6.04 Å². The maximum Gasteiger partial charge on any atom is 0.120 e. The lowest BCUT2D eigenvalue weighted by atomic mass is 9.99. The normalized spacial score (nSPS) is 15.8. The molecule has 0 bridgehead atoms. The molecule has 0 amide bonds. The Bertz CT molecular complexity index is 646. The number of benzene rings is 2. The third kappa shape index (κ3) is 3.58. The zero-order chi connectivity index (χ0) is 14.8. The molecule has 110 valence electrons. The fourth-order valence-electron chi connectivity index (χ4n) is 2.25. The molecule has 1 aliphatic carbocycles. The first-order valence-corrected chi connectivity index (χ1v) is 8.02. The molecule has 5 heteroatoms. The molecule has 1 atom stereocenters. The molecule has 1 fully saturated rings. The Morgan fingerprint density at radius 3 is 2.76 bits per heavy atom. The first-order valence-electron chi connectivity index (χ1n) is 6.85. The minimum atomic E-state index is -0.152. The van der Waals surface area contributed by atoms with Crippen molar-refractivity contribution < 1.29 is 4.74 Å². The number of ether oxygens (including phenoxy) is 1. The number of halogens is 2. The van der Waals surface area contributed by atoms with Crippen LogP contribution in [-0.2, 0) is 0 Å². The van der Waals surface area contributed by atoms with Gasteiger partial charge < -0.3 is 4.74 Å². The lowest BCUT2D eigenvalue weighted by molar-refractivity contribution is 0.302. The minimum Gasteiger partial charge on any atom is -0.490 e. The van der Waals surface area contributed by atoms with E-state index in [1.165, 1.54) is 0 Å². The summed E-state index contributed by atoms with van der Waals surface area (Å²) in [6.45, 7) is 0. The van der Waals surface area contributed by atoms with Crippen molar-refractivity contribution in [1.29, 1.82) is 0 Å². The Kier molecular flexibility index (Phi) is 4.50. The lowest BCUT2D eigenvalue weighted by Gasteiger charge is -2.19. The summed E-state index contributed by atoms with van der Waals surface area (Å²) in [6.07, 6.45) is 2.66. The van der Waals surface area contributed by atoms with Crippen molar-refractivity contribution in [3.8, 4) is 5.75 Å². The van der Waals surface area contributed by atoms with Gasteiger partial charge in [-0.1, -0.05) is 39.7 Å². The summed E-state index contributed by atoms with van der Waals surface area (Å²) in [5.74, 6) is 6.65. The van der Waals surface area contributed by atoms with Crippen molar-refractivity contribution in [2.24, 2.45) is 5.84 Å². The highest BCUT2D eigenvalue weighted by Crippen LogP contribution is 2.33. The van der Waals surface area contributed by atoms with Crippen LogP contribution in [0, 0.1) is 0 Å². The molecule has 3 N–H and O–H groups in total. The van der Waals surface area contributed by atoms with E-state index in [1.54, 1.807) is 0 Å². The van der Waals surface area contributed by atoms with Gasteiger partial charge in [-0.05, 0) is 54.3 Å². The Balaban J connectivity index is 1.93. The standard InChI is InChI=1S/C16H16BrClN2O/c17-15-7-4-11(18)9-14(15)16(20-19)10-2-1-3-13(8-10)21-12-5-6-12/h1-4,7-9,12,16,20H,5-6,19H2. The Morgan fingerprint density at radius 1 is 1.24 bits per heavy atom. The van der Waals surface area contributed by atoms with E-state index in [0.29, 0.717) is 11.1 Å². The van der Waals surface area contributed by atoms with Gasteiger partial charge in [0.1, 0.15) is 5.75 Å². The van der Waals surface area contributed by atoms with Crippen LogP contribution >= 0.6 is 27.5 Å². The molecule has 1 aliphatic rings. The Morgan fingerprint density at radius 2 is 2.05 bits per heavy atom. The molecule has 21 heavy (non-hydrogen) atoms. The van der Waals surface area contributed by atoms with E-state index >= 15 is 0 Å². The van der Waals surface area contributed by atoms with E-state index in [4.69, 9.17) is 22.2 Å². The van der Waals surface area contributed by atoms with Gasteiger partial charge in [0, 0.05) is 9.50 Å². The third-order valence-corrected chi connectivity index (χ3v) is 4.41. The van der Waals surface area contributed by atoms with E-state index in [0.717, 1.165) is 34.2 Å². The Hall–Kier alpha value is -1.07. The van der Waals surface area contributed by atoms with Crippen molar-refractivity contribution >= 4 is 27.5 Å². The fourth-order valence-corrected chi connectivity index (χ4v) is 2.90. The van der Waals surface area contributed by atoms with Gasteiger partial charge in [-0.2, -0.15) is 0 Å². The molecule has 2 aromatic carbocycles. The first kappa shape index (κ1) is 14.9. The van der Waals surface area contributed by atoms with Crippen molar-refractivity contribution in [1.82, 2.24) is 5.43 Å². The number of nitrogens with two attached hydrogens (primary N) is 1. The van der Waals surface area contributed by atoms with Gasteiger partial charge in [-0.25, -0.2) is 5.43 Å². The quantitative estimate of drug-likeness (QED) is 0.615. The van der Waals surface area contributed by atoms with Crippen molar-refractivity contribution in [3.63, 3.8) is 0 Å². The fraction of sp³-hybridized carbons (Fsp3) is 0.250. The zero-order valence-corrected chi connectivity index (χ0v) is 13.7. The molecule has 0 saturated heterocycles. The predicted molar refractivity (Wildman–Crippen MR) is 88.4 cm³/mol. The van der Waals surface area contributed by atoms with Gasteiger partial charge >= 0.3 is 0 Å². The molecule has 0 aromatic heterocycles. The van der Waals surface area contributed by atoms with Gasteiger partial charge in [-0.15, -0.1) is 0 Å². The average Bonchev–Trinajstić information content (AvgIpc) is 3.28. The largest absolute Gasteiger partial charge is 0.490 e. The highest BCUT2D eigenvalue weighted by atomic mass is 79.9. The summed E-state index contributed by atoms with van der Waals surface area (Å²) in [6, 6.07) is 13.5. The maximum atomic E-state index is 6.10. The second-order valence-corrected chi connectivity index (χ2v) is 6.45. The summed E-state index contributed by atoms with van der Waals surface area (Å²) in [5, 5.41) is 0.679. The van der Waals surface area contributed by atoms with Gasteiger partial charge in [0.05, 0.1) is 12.1 Å². The van der Waals surface area contributed by atoms with E-state index in [1.807, 2.05) is 42.5 Å². The molecule has 0 radical (unpaired) electrons. The average molecular weight is 368 g/mol. The highest BCUT2D eigenvalue weighted by molar-refractivity contribution is 9.10. The topological polar surface area (TPSA) is 47.3 Å². The van der Waals surface area contributed by atoms with Crippen molar-refractivity contribution in [3.05, 3.63) is 63.1 Å². The third-order valence-electron chi connectivity index (χ3n) is 3.45. The SMILES string of the molecule is NNC(c1cccc(OC2CC2)c1)c1cc(Cl)ccc1Br. The number of hydrogen-bond acceptors (Lipinski definition) is 3. The molecule has 0 spiro atoms. The van der Waals surface area contributed by atoms with Gasteiger partial charge in [0.25, 0.3) is 0 Å². The van der Waals surface area contributed by atoms with Crippen molar-refractivity contribution in [2.75, 3.05) is 0 Å². The molecule has 3 nitrogen and oxygen atoms in total. The maximum absolute atomic E-state index is 6.10. The van der Waals surface area contributed by atoms with E-state index < -0.39 is 0 Å². The molecule has 0 aliphatic heterocycles. The van der Waals surface area contributed by atoms with Crippen LogP contribution in [0.5, 0.6) is 5.75 Å². The summed E-state index contributed by atoms with van der Waals surface area (Å²) >= 11 is 9.65. The minimum absolute atomic E-state index is 0.152. The van der Waals surface area contributed by atoms with Gasteiger partial charge in [0.2, 0.25) is 0 Å². The van der Waals surface area contributed by atoms with E-state index in [2.05, 4.69) is 21.4 Å². The van der Waals surface area contributed by atoms with Crippen LogP contribution in [0.3, 0.4) is 0 Å². The molecular formula is C16H16BrClN2O. The van der Waals surface area contributed by atoms with E-state index in [9.17, 15) is 0 Å². The van der Waals surface area contributed by atoms with Gasteiger partial charge in [0.15, 0.2) is 0 Å². The van der Waals surface area contributed by atoms with Crippen LogP contribution < -0.4 is 16.0 Å². The molecule has 2 aromatic rings. The molecule has 1 saturated carbocycles. The van der Waals surface area contributed by atoms with Crippen LogP contribution in [0.4, 0.5) is 0 Å². The molecule has 1 unspecified atom stereocenters. The zero-order valence-electron chi connectivity index (χ0n) is 11.4. The molecular weight excluding hydrogens is 352 g/mol. The summed E-state index contributed by atoms with van der Waals surface area (Å²) in [5.41, 5.74) is 4.89. The second-order valence-electron chi connectivity index (χ2n) is 5.16. The van der Waals surface area contributed by atoms with Gasteiger partial charge in [-0.3, -0.25) is 5.84 Å². The smallest absolute Gasteiger partial charge is 0.120 e. The van der Waals surface area contributed by atoms with Crippen LogP contribution in [0.2, 0.25) is 5.02 Å². The number of rotatable bonds is 5. The summed E-state index contributed by atoms with van der Waals surface area (Å²) in [4.78, 5) is 0. The first-order chi connectivity index (χ1) is 10.2. The predicted octanol–water partition coefficient (Wildman–Crippen LogP) is 4.20. The van der Waals surface area contributed by atoms with Crippen LogP contribution in [-0.4, -0.2) is 6.10 Å². The molecule has 3 rings (SSSR count). The molecule has 0 heterocycles. The summed E-state index contributed by atoms with van der Waals surface area (Å²) < 4.78 is 6.81. The van der Waals surface area contributed by atoms with Crippen LogP contribution in [0.1, 0.15) is 30.0 Å². The number of hydrogen-bond donors (Lipinski definition) is 2. The highest BCUT2D eigenvalue weighted by Gasteiger charge is 2.24. The lowest BCUT2D eigenvalue weighted by Crippen LogP contribution is -2.29.